The molecule has 1 unspecified atom stereocenters. The normalized spacial score (nSPS) is 12.4. The fourth-order valence-corrected chi connectivity index (χ4v) is 2.22. The molecule has 1 N–H and O–H groups in total. The van der Waals surface area contributed by atoms with Gasteiger partial charge >= 0.3 is 0 Å². The number of benzene rings is 1. The van der Waals surface area contributed by atoms with Crippen molar-refractivity contribution in [3.8, 4) is 0 Å². The fourth-order valence-electron chi connectivity index (χ4n) is 2.22. The molecular weight excluding hydrogens is 239 g/mol. The maximum absolute atomic E-state index is 13.2. The maximum Gasteiger partial charge on any atom is 0.123 e. The van der Waals surface area contributed by atoms with Crippen molar-refractivity contribution in [3.05, 3.63) is 64.7 Å². The molecule has 19 heavy (non-hydrogen) atoms. The number of hydrogen-bond acceptors (Lipinski definition) is 2. The first-order chi connectivity index (χ1) is 9.11. The van der Waals surface area contributed by atoms with Gasteiger partial charge in [-0.25, -0.2) is 4.39 Å². The molecule has 1 atom stereocenters. The summed E-state index contributed by atoms with van der Waals surface area (Å²) in [6.45, 7) is 6.81. The number of pyridine rings is 1. The van der Waals surface area contributed by atoms with Gasteiger partial charge in [-0.3, -0.25) is 4.98 Å². The molecule has 2 nitrogen and oxygen atoms in total. The Balaban J connectivity index is 2.41. The van der Waals surface area contributed by atoms with E-state index in [0.29, 0.717) is 0 Å². The third kappa shape index (κ3) is 3.18. The van der Waals surface area contributed by atoms with Crippen LogP contribution >= 0.6 is 0 Å². The van der Waals surface area contributed by atoms with Crippen LogP contribution in [0.2, 0.25) is 0 Å². The molecule has 0 spiro atoms. The van der Waals surface area contributed by atoms with Crippen LogP contribution in [0.4, 0.5) is 4.39 Å². The first kappa shape index (κ1) is 13.7. The van der Waals surface area contributed by atoms with Gasteiger partial charge in [0.1, 0.15) is 5.82 Å². The number of nitrogens with one attached hydrogen (secondary N) is 1. The number of hydrogen-bond donors (Lipinski definition) is 1. The van der Waals surface area contributed by atoms with E-state index in [4.69, 9.17) is 0 Å². The van der Waals surface area contributed by atoms with Crippen LogP contribution in [0, 0.1) is 19.7 Å². The monoisotopic (exact) mass is 258 g/mol. The summed E-state index contributed by atoms with van der Waals surface area (Å²) in [4.78, 5) is 4.34. The van der Waals surface area contributed by atoms with Crippen molar-refractivity contribution >= 4 is 0 Å². The number of aryl methyl sites for hydroxylation is 2. The summed E-state index contributed by atoms with van der Waals surface area (Å²) in [5.74, 6) is -0.196. The van der Waals surface area contributed by atoms with Crippen molar-refractivity contribution in [2.45, 2.75) is 26.8 Å². The Morgan fingerprint density at radius 1 is 1.21 bits per heavy atom. The molecular formula is C16H19FN2. The lowest BCUT2D eigenvalue weighted by atomic mass is 9.96. The Morgan fingerprint density at radius 2 is 2.00 bits per heavy atom. The minimum absolute atomic E-state index is 0.0544. The van der Waals surface area contributed by atoms with E-state index in [1.165, 1.54) is 6.07 Å². The SMILES string of the molecule is CCNC(c1ccc(C)nc1)c1ccc(F)cc1C. The molecule has 100 valence electrons. The molecule has 0 fully saturated rings. The minimum Gasteiger partial charge on any atom is -0.306 e. The van der Waals surface area contributed by atoms with E-state index in [1.807, 2.05) is 32.2 Å². The summed E-state index contributed by atoms with van der Waals surface area (Å²) in [6.07, 6.45) is 1.88. The van der Waals surface area contributed by atoms with E-state index >= 15 is 0 Å². The van der Waals surface area contributed by atoms with Crippen molar-refractivity contribution in [1.82, 2.24) is 10.3 Å². The summed E-state index contributed by atoms with van der Waals surface area (Å²) in [5, 5.41) is 3.43. The highest BCUT2D eigenvalue weighted by Crippen LogP contribution is 2.25. The van der Waals surface area contributed by atoms with Crippen LogP contribution in [0.5, 0.6) is 0 Å². The summed E-state index contributed by atoms with van der Waals surface area (Å²) < 4.78 is 13.2. The van der Waals surface area contributed by atoms with Crippen LogP contribution in [-0.4, -0.2) is 11.5 Å². The van der Waals surface area contributed by atoms with E-state index in [0.717, 1.165) is 28.9 Å². The molecule has 1 heterocycles. The molecule has 0 saturated heterocycles. The van der Waals surface area contributed by atoms with Gasteiger partial charge in [-0.2, -0.15) is 0 Å². The van der Waals surface area contributed by atoms with E-state index in [1.54, 1.807) is 6.07 Å². The van der Waals surface area contributed by atoms with Crippen molar-refractivity contribution in [2.75, 3.05) is 6.54 Å². The van der Waals surface area contributed by atoms with Gasteiger partial charge in [0.2, 0.25) is 0 Å². The summed E-state index contributed by atoms with van der Waals surface area (Å²) in [5.41, 5.74) is 4.14. The molecule has 0 aliphatic heterocycles. The molecule has 0 bridgehead atoms. The zero-order valence-electron chi connectivity index (χ0n) is 11.6. The molecule has 2 aromatic rings. The second-order valence-corrected chi connectivity index (χ2v) is 4.72. The Kier molecular flexibility index (Phi) is 4.27. The van der Waals surface area contributed by atoms with Crippen LogP contribution in [0.1, 0.15) is 35.3 Å². The first-order valence-electron chi connectivity index (χ1n) is 6.53. The Hall–Kier alpha value is -1.74. The van der Waals surface area contributed by atoms with Gasteiger partial charge in [0.05, 0.1) is 6.04 Å². The number of halogens is 1. The lowest BCUT2D eigenvalue weighted by Gasteiger charge is -2.20. The Labute approximate surface area is 113 Å². The van der Waals surface area contributed by atoms with E-state index in [9.17, 15) is 4.39 Å². The lowest BCUT2D eigenvalue weighted by Crippen LogP contribution is -2.23. The highest BCUT2D eigenvalue weighted by Gasteiger charge is 2.15. The largest absolute Gasteiger partial charge is 0.306 e. The van der Waals surface area contributed by atoms with Crippen LogP contribution in [0.25, 0.3) is 0 Å². The molecule has 0 saturated carbocycles. The van der Waals surface area contributed by atoms with Crippen molar-refractivity contribution in [3.63, 3.8) is 0 Å². The van der Waals surface area contributed by atoms with Gasteiger partial charge in [-0.15, -0.1) is 0 Å². The summed E-state index contributed by atoms with van der Waals surface area (Å²) in [6, 6.07) is 9.04. The zero-order valence-corrected chi connectivity index (χ0v) is 11.6. The molecule has 3 heteroatoms. The second-order valence-electron chi connectivity index (χ2n) is 4.72. The van der Waals surface area contributed by atoms with E-state index in [-0.39, 0.29) is 11.9 Å². The first-order valence-corrected chi connectivity index (χ1v) is 6.53. The lowest BCUT2D eigenvalue weighted by molar-refractivity contribution is 0.609. The number of nitrogens with zero attached hydrogens (tertiary/aromatic N) is 1. The smallest absolute Gasteiger partial charge is 0.123 e. The highest BCUT2D eigenvalue weighted by atomic mass is 19.1. The van der Waals surface area contributed by atoms with Gasteiger partial charge in [-0.1, -0.05) is 19.1 Å². The van der Waals surface area contributed by atoms with Gasteiger partial charge < -0.3 is 5.32 Å². The molecule has 0 radical (unpaired) electrons. The standard InChI is InChI=1S/C16H19FN2/c1-4-18-16(13-6-5-12(3)19-10-13)15-8-7-14(17)9-11(15)2/h5-10,16,18H,4H2,1-3H3. The van der Waals surface area contributed by atoms with Crippen LogP contribution in [-0.2, 0) is 0 Å². The van der Waals surface area contributed by atoms with Gasteiger partial charge in [-0.05, 0) is 55.3 Å². The van der Waals surface area contributed by atoms with Crippen LogP contribution in [0.3, 0.4) is 0 Å². The average molecular weight is 258 g/mol. The second kappa shape index (κ2) is 5.93. The zero-order chi connectivity index (χ0) is 13.8. The molecule has 0 amide bonds. The quantitative estimate of drug-likeness (QED) is 0.907. The maximum atomic E-state index is 13.2. The van der Waals surface area contributed by atoms with E-state index in [2.05, 4.69) is 23.3 Å². The molecule has 0 aliphatic carbocycles. The predicted molar refractivity (Wildman–Crippen MR) is 75.6 cm³/mol. The third-order valence-corrected chi connectivity index (χ3v) is 3.22. The molecule has 1 aromatic carbocycles. The predicted octanol–water partition coefficient (Wildman–Crippen LogP) is 3.54. The number of rotatable bonds is 4. The van der Waals surface area contributed by atoms with Gasteiger partial charge in [0, 0.05) is 11.9 Å². The molecule has 2 rings (SSSR count). The summed E-state index contributed by atoms with van der Waals surface area (Å²) >= 11 is 0. The van der Waals surface area contributed by atoms with Crippen molar-refractivity contribution in [1.29, 1.82) is 0 Å². The van der Waals surface area contributed by atoms with Crippen LogP contribution in [0.15, 0.2) is 36.5 Å². The third-order valence-electron chi connectivity index (χ3n) is 3.22. The topological polar surface area (TPSA) is 24.9 Å². The molecule has 1 aromatic heterocycles. The molecule has 0 aliphatic rings. The number of aromatic nitrogens is 1. The van der Waals surface area contributed by atoms with Crippen molar-refractivity contribution < 1.29 is 4.39 Å². The van der Waals surface area contributed by atoms with E-state index < -0.39 is 0 Å². The van der Waals surface area contributed by atoms with Gasteiger partial charge in [0.15, 0.2) is 0 Å². The average Bonchev–Trinajstić information content (AvgIpc) is 2.38. The van der Waals surface area contributed by atoms with Gasteiger partial charge in [0.25, 0.3) is 0 Å². The Bertz CT molecular complexity index is 549. The fraction of sp³-hybridized carbons (Fsp3) is 0.312. The highest BCUT2D eigenvalue weighted by molar-refractivity contribution is 5.36. The van der Waals surface area contributed by atoms with Crippen molar-refractivity contribution in [2.24, 2.45) is 0 Å². The minimum atomic E-state index is -0.196. The summed E-state index contributed by atoms with van der Waals surface area (Å²) in [7, 11) is 0. The Morgan fingerprint density at radius 3 is 2.58 bits per heavy atom. The van der Waals surface area contributed by atoms with Crippen LogP contribution < -0.4 is 5.32 Å².